The fraction of sp³-hybridized carbons (Fsp3) is 0.280. The Morgan fingerprint density at radius 2 is 1.70 bits per heavy atom. The van der Waals surface area contributed by atoms with Crippen molar-refractivity contribution in [3.05, 3.63) is 64.0 Å². The SMILES string of the molecule is CCCc1nc(-c2ccc3c(c2)N(CCN2C(=O)c4ccccc4C2=O)C(=O)C(C)O3)cs1. The van der Waals surface area contributed by atoms with E-state index in [0.717, 1.165) is 29.1 Å². The van der Waals surface area contributed by atoms with Crippen molar-refractivity contribution in [3.8, 4) is 17.0 Å². The average Bonchev–Trinajstić information content (AvgIpc) is 3.38. The Hall–Kier alpha value is -3.52. The molecule has 0 saturated carbocycles. The van der Waals surface area contributed by atoms with Gasteiger partial charge in [0.2, 0.25) is 0 Å². The Kier molecular flexibility index (Phi) is 5.46. The monoisotopic (exact) mass is 461 g/mol. The number of carbonyl (C=O) groups is 3. The van der Waals surface area contributed by atoms with E-state index in [9.17, 15) is 14.4 Å². The molecule has 8 heteroatoms. The van der Waals surface area contributed by atoms with E-state index in [1.807, 2.05) is 23.6 Å². The Bertz CT molecular complexity index is 1230. The molecular formula is C25H23N3O4S. The summed E-state index contributed by atoms with van der Waals surface area (Å²) in [6.45, 7) is 4.11. The number of thiazole rings is 1. The molecule has 33 heavy (non-hydrogen) atoms. The van der Waals surface area contributed by atoms with Gasteiger partial charge in [-0.05, 0) is 50.1 Å². The predicted octanol–water partition coefficient (Wildman–Crippen LogP) is 4.17. The molecule has 1 atom stereocenters. The van der Waals surface area contributed by atoms with Crippen molar-refractivity contribution < 1.29 is 19.1 Å². The van der Waals surface area contributed by atoms with Crippen LogP contribution in [0.5, 0.6) is 5.75 Å². The molecule has 1 unspecified atom stereocenters. The van der Waals surface area contributed by atoms with E-state index >= 15 is 0 Å². The molecule has 3 aromatic rings. The number of amides is 3. The zero-order valence-corrected chi connectivity index (χ0v) is 19.2. The highest BCUT2D eigenvalue weighted by Crippen LogP contribution is 2.38. The standard InChI is InChI=1S/C25H23N3O4S/c1-3-6-22-26-19(14-33-22)16-9-10-21-20(13-16)27(23(29)15(2)32-21)11-12-28-24(30)17-7-4-5-8-18(17)25(28)31/h4-5,7-10,13-15H,3,6,11-12H2,1-2H3. The van der Waals surface area contributed by atoms with Crippen molar-refractivity contribution >= 4 is 34.7 Å². The Balaban J connectivity index is 1.42. The average molecular weight is 462 g/mol. The number of carbonyl (C=O) groups excluding carboxylic acids is 3. The van der Waals surface area contributed by atoms with Crippen LogP contribution in [0.4, 0.5) is 5.69 Å². The Morgan fingerprint density at radius 3 is 2.39 bits per heavy atom. The van der Waals surface area contributed by atoms with Gasteiger partial charge in [0.25, 0.3) is 17.7 Å². The molecule has 7 nitrogen and oxygen atoms in total. The highest BCUT2D eigenvalue weighted by molar-refractivity contribution is 7.09. The lowest BCUT2D eigenvalue weighted by molar-refractivity contribution is -0.125. The highest BCUT2D eigenvalue weighted by Gasteiger charge is 2.37. The molecule has 2 aromatic carbocycles. The Morgan fingerprint density at radius 1 is 1.00 bits per heavy atom. The fourth-order valence-corrected chi connectivity index (χ4v) is 5.12. The van der Waals surface area contributed by atoms with E-state index in [0.29, 0.717) is 22.6 Å². The molecule has 2 aliphatic rings. The van der Waals surface area contributed by atoms with E-state index in [2.05, 4.69) is 6.92 Å². The summed E-state index contributed by atoms with van der Waals surface area (Å²) < 4.78 is 5.82. The first-order chi connectivity index (χ1) is 16.0. The maximum absolute atomic E-state index is 13.0. The second-order valence-corrected chi connectivity index (χ2v) is 9.06. The number of aryl methyl sites for hydroxylation is 1. The van der Waals surface area contributed by atoms with Gasteiger partial charge in [0.05, 0.1) is 27.5 Å². The number of imide groups is 1. The molecular weight excluding hydrogens is 438 g/mol. The van der Waals surface area contributed by atoms with Gasteiger partial charge >= 0.3 is 0 Å². The van der Waals surface area contributed by atoms with Crippen molar-refractivity contribution in [2.45, 2.75) is 32.8 Å². The number of nitrogens with zero attached hydrogens (tertiary/aromatic N) is 3. The van der Waals surface area contributed by atoms with E-state index in [1.54, 1.807) is 47.4 Å². The van der Waals surface area contributed by atoms with Gasteiger partial charge in [0.1, 0.15) is 5.75 Å². The molecule has 3 amide bonds. The Labute approximate surface area is 195 Å². The number of anilines is 1. The molecule has 0 aliphatic carbocycles. The van der Waals surface area contributed by atoms with Crippen LogP contribution in [0.2, 0.25) is 0 Å². The van der Waals surface area contributed by atoms with Crippen LogP contribution in [0.3, 0.4) is 0 Å². The van der Waals surface area contributed by atoms with Gasteiger partial charge in [-0.15, -0.1) is 11.3 Å². The van der Waals surface area contributed by atoms with E-state index < -0.39 is 6.10 Å². The van der Waals surface area contributed by atoms with Crippen LogP contribution in [0.1, 0.15) is 46.0 Å². The lowest BCUT2D eigenvalue weighted by Gasteiger charge is -2.34. The maximum atomic E-state index is 13.0. The van der Waals surface area contributed by atoms with Crippen molar-refractivity contribution in [3.63, 3.8) is 0 Å². The molecule has 3 heterocycles. The molecule has 168 valence electrons. The van der Waals surface area contributed by atoms with Crippen LogP contribution in [-0.2, 0) is 11.2 Å². The first-order valence-electron chi connectivity index (χ1n) is 11.0. The molecule has 5 rings (SSSR count). The minimum absolute atomic E-state index is 0.103. The first-order valence-corrected chi connectivity index (χ1v) is 11.9. The summed E-state index contributed by atoms with van der Waals surface area (Å²) in [5.41, 5.74) is 3.18. The normalized spacial score (nSPS) is 17.3. The second-order valence-electron chi connectivity index (χ2n) is 8.12. The van der Waals surface area contributed by atoms with Crippen LogP contribution in [0.15, 0.2) is 47.8 Å². The third-order valence-corrected chi connectivity index (χ3v) is 6.81. The summed E-state index contributed by atoms with van der Waals surface area (Å²) in [4.78, 5) is 46.0. The van der Waals surface area contributed by atoms with E-state index in [4.69, 9.17) is 9.72 Å². The van der Waals surface area contributed by atoms with Gasteiger partial charge in [0.15, 0.2) is 6.10 Å². The lowest BCUT2D eigenvalue weighted by Crippen LogP contribution is -2.48. The fourth-order valence-electron chi connectivity index (χ4n) is 4.21. The minimum atomic E-state index is -0.652. The number of fused-ring (bicyclic) bond motifs is 2. The zero-order valence-electron chi connectivity index (χ0n) is 18.4. The van der Waals surface area contributed by atoms with Gasteiger partial charge in [-0.25, -0.2) is 4.98 Å². The van der Waals surface area contributed by atoms with E-state index in [1.165, 1.54) is 4.90 Å². The summed E-state index contributed by atoms with van der Waals surface area (Å²) in [6.07, 6.45) is 1.31. The molecule has 0 bridgehead atoms. The van der Waals surface area contributed by atoms with Gasteiger partial charge in [-0.2, -0.15) is 0 Å². The van der Waals surface area contributed by atoms with Crippen molar-refractivity contribution in [1.29, 1.82) is 0 Å². The minimum Gasteiger partial charge on any atom is -0.479 e. The van der Waals surface area contributed by atoms with Gasteiger partial charge in [0, 0.05) is 24.0 Å². The van der Waals surface area contributed by atoms with Gasteiger partial charge in [-0.1, -0.05) is 19.1 Å². The van der Waals surface area contributed by atoms with Gasteiger partial charge in [-0.3, -0.25) is 19.3 Å². The number of aromatic nitrogens is 1. The molecule has 1 aromatic heterocycles. The number of hydrogen-bond donors (Lipinski definition) is 0. The van der Waals surface area contributed by atoms with Crippen LogP contribution >= 0.6 is 11.3 Å². The molecule has 0 fully saturated rings. The summed E-state index contributed by atoms with van der Waals surface area (Å²) in [7, 11) is 0. The topological polar surface area (TPSA) is 79.8 Å². The summed E-state index contributed by atoms with van der Waals surface area (Å²) >= 11 is 1.63. The third kappa shape index (κ3) is 3.70. The first kappa shape index (κ1) is 21.3. The van der Waals surface area contributed by atoms with Crippen molar-refractivity contribution in [2.75, 3.05) is 18.0 Å². The summed E-state index contributed by atoms with van der Waals surface area (Å²) in [5.74, 6) is -0.271. The van der Waals surface area contributed by atoms with Crippen LogP contribution < -0.4 is 9.64 Å². The van der Waals surface area contributed by atoms with Crippen molar-refractivity contribution in [1.82, 2.24) is 9.88 Å². The molecule has 0 N–H and O–H groups in total. The van der Waals surface area contributed by atoms with Crippen LogP contribution in [0, 0.1) is 0 Å². The van der Waals surface area contributed by atoms with Crippen molar-refractivity contribution in [2.24, 2.45) is 0 Å². The largest absolute Gasteiger partial charge is 0.479 e. The highest BCUT2D eigenvalue weighted by atomic mass is 32.1. The van der Waals surface area contributed by atoms with Crippen LogP contribution in [-0.4, -0.2) is 46.8 Å². The van der Waals surface area contributed by atoms with Gasteiger partial charge < -0.3 is 9.64 Å². The summed E-state index contributed by atoms with van der Waals surface area (Å²) in [5, 5.41) is 3.10. The molecule has 2 aliphatic heterocycles. The zero-order chi connectivity index (χ0) is 23.1. The molecule has 0 radical (unpaired) electrons. The maximum Gasteiger partial charge on any atom is 0.267 e. The van der Waals surface area contributed by atoms with Crippen LogP contribution in [0.25, 0.3) is 11.3 Å². The smallest absolute Gasteiger partial charge is 0.267 e. The number of hydrogen-bond acceptors (Lipinski definition) is 6. The third-order valence-electron chi connectivity index (χ3n) is 5.90. The molecule has 0 saturated heterocycles. The number of ether oxygens (including phenoxy) is 1. The number of benzene rings is 2. The predicted molar refractivity (Wildman–Crippen MR) is 126 cm³/mol. The number of rotatable bonds is 6. The quantitative estimate of drug-likeness (QED) is 0.515. The summed E-state index contributed by atoms with van der Waals surface area (Å²) in [6, 6.07) is 12.5. The van der Waals surface area contributed by atoms with E-state index in [-0.39, 0.29) is 30.8 Å². The second kappa shape index (κ2) is 8.44. The molecule has 0 spiro atoms. The lowest BCUT2D eigenvalue weighted by atomic mass is 10.1.